The van der Waals surface area contributed by atoms with Crippen molar-refractivity contribution in [3.63, 3.8) is 0 Å². The van der Waals surface area contributed by atoms with E-state index >= 15 is 0 Å². The topological polar surface area (TPSA) is 30.7 Å². The molecule has 3 aromatic rings. The largest absolute Gasteiger partial charge is 0.270 e. The highest BCUT2D eigenvalue weighted by molar-refractivity contribution is 7.99. The number of aromatic nitrogens is 3. The molecule has 3 rings (SSSR count). The van der Waals surface area contributed by atoms with E-state index < -0.39 is 0 Å². The molecule has 6 heteroatoms. The maximum atomic E-state index is 6.35. The highest BCUT2D eigenvalue weighted by atomic mass is 35.5. The highest BCUT2D eigenvalue weighted by Crippen LogP contribution is 2.31. The van der Waals surface area contributed by atoms with Crippen molar-refractivity contribution < 1.29 is 0 Å². The van der Waals surface area contributed by atoms with Crippen molar-refractivity contribution in [3.8, 4) is 17.1 Å². The molecule has 0 radical (unpaired) electrons. The summed E-state index contributed by atoms with van der Waals surface area (Å²) < 4.78 is 2.06. The van der Waals surface area contributed by atoms with Gasteiger partial charge in [-0.05, 0) is 54.8 Å². The molecule has 0 fully saturated rings. The Morgan fingerprint density at radius 2 is 1.76 bits per heavy atom. The van der Waals surface area contributed by atoms with Crippen molar-refractivity contribution in [2.75, 3.05) is 5.75 Å². The molecule has 0 atom stereocenters. The summed E-state index contributed by atoms with van der Waals surface area (Å²) in [6, 6.07) is 13.6. The van der Waals surface area contributed by atoms with Crippen LogP contribution in [0.4, 0.5) is 0 Å². The number of hydrogen-bond acceptors (Lipinski definition) is 3. The van der Waals surface area contributed by atoms with Crippen LogP contribution in [0, 0.1) is 12.8 Å². The molecular formula is C19H19Cl2N3S. The van der Waals surface area contributed by atoms with Crippen LogP contribution in [0.1, 0.15) is 19.4 Å². The minimum Gasteiger partial charge on any atom is -0.270 e. The molecule has 0 saturated carbocycles. The third kappa shape index (κ3) is 4.20. The van der Waals surface area contributed by atoms with Crippen LogP contribution in [0.5, 0.6) is 0 Å². The Bertz CT molecular complexity index is 873. The maximum absolute atomic E-state index is 6.35. The van der Waals surface area contributed by atoms with E-state index in [9.17, 15) is 0 Å². The van der Waals surface area contributed by atoms with Gasteiger partial charge in [-0.3, -0.25) is 4.57 Å². The fourth-order valence-corrected chi connectivity index (χ4v) is 3.55. The van der Waals surface area contributed by atoms with E-state index in [1.54, 1.807) is 11.8 Å². The normalized spacial score (nSPS) is 11.3. The molecule has 0 unspecified atom stereocenters. The van der Waals surface area contributed by atoms with Crippen LogP contribution in [0.15, 0.2) is 47.6 Å². The first-order valence-electron chi connectivity index (χ1n) is 8.06. The van der Waals surface area contributed by atoms with Gasteiger partial charge >= 0.3 is 0 Å². The molecule has 3 nitrogen and oxygen atoms in total. The van der Waals surface area contributed by atoms with Gasteiger partial charge in [0.25, 0.3) is 0 Å². The summed E-state index contributed by atoms with van der Waals surface area (Å²) in [6.45, 7) is 6.37. The average molecular weight is 392 g/mol. The van der Waals surface area contributed by atoms with E-state index in [4.69, 9.17) is 23.2 Å². The Balaban J connectivity index is 2.12. The van der Waals surface area contributed by atoms with Gasteiger partial charge in [0.15, 0.2) is 11.0 Å². The Labute approximate surface area is 162 Å². The van der Waals surface area contributed by atoms with Crippen molar-refractivity contribution in [3.05, 3.63) is 58.1 Å². The monoisotopic (exact) mass is 391 g/mol. The van der Waals surface area contributed by atoms with Gasteiger partial charge in [0.1, 0.15) is 0 Å². The number of hydrogen-bond donors (Lipinski definition) is 0. The summed E-state index contributed by atoms with van der Waals surface area (Å²) in [6.07, 6.45) is 0. The second-order valence-electron chi connectivity index (χ2n) is 6.29. The molecule has 0 aliphatic rings. The second kappa shape index (κ2) is 7.81. The van der Waals surface area contributed by atoms with Gasteiger partial charge in [0, 0.05) is 21.4 Å². The smallest absolute Gasteiger partial charge is 0.196 e. The van der Waals surface area contributed by atoms with Crippen molar-refractivity contribution in [2.24, 2.45) is 5.92 Å². The number of nitrogens with zero attached hydrogens (tertiary/aromatic N) is 3. The summed E-state index contributed by atoms with van der Waals surface area (Å²) in [5, 5.41) is 11.1. The lowest BCUT2D eigenvalue weighted by Gasteiger charge is -2.12. The summed E-state index contributed by atoms with van der Waals surface area (Å²) in [7, 11) is 0. The molecule has 1 heterocycles. The highest BCUT2D eigenvalue weighted by Gasteiger charge is 2.17. The van der Waals surface area contributed by atoms with Crippen molar-refractivity contribution in [1.82, 2.24) is 14.8 Å². The van der Waals surface area contributed by atoms with Gasteiger partial charge in [-0.15, -0.1) is 10.2 Å². The van der Waals surface area contributed by atoms with Crippen LogP contribution in [0.3, 0.4) is 0 Å². The number of thioether (sulfide) groups is 1. The SMILES string of the molecule is Cc1ccc(-n2c(SCC(C)C)nnc2-c2ccc(Cl)cc2)cc1Cl. The third-order valence-corrected chi connectivity index (χ3v) is 5.71. The van der Waals surface area contributed by atoms with Gasteiger partial charge in [0.2, 0.25) is 0 Å². The van der Waals surface area contributed by atoms with Crippen molar-refractivity contribution in [1.29, 1.82) is 0 Å². The van der Waals surface area contributed by atoms with Gasteiger partial charge in [-0.2, -0.15) is 0 Å². The Morgan fingerprint density at radius 1 is 1.04 bits per heavy atom. The van der Waals surface area contributed by atoms with E-state index in [1.807, 2.05) is 49.4 Å². The van der Waals surface area contributed by atoms with Crippen LogP contribution in [-0.2, 0) is 0 Å². The Hall–Kier alpha value is -1.49. The predicted molar refractivity (Wildman–Crippen MR) is 107 cm³/mol. The molecule has 0 amide bonds. The van der Waals surface area contributed by atoms with Crippen molar-refractivity contribution >= 4 is 35.0 Å². The third-order valence-electron chi connectivity index (χ3n) is 3.70. The first-order chi connectivity index (χ1) is 12.0. The Kier molecular flexibility index (Phi) is 5.72. The molecular weight excluding hydrogens is 373 g/mol. The van der Waals surface area contributed by atoms with E-state index in [0.29, 0.717) is 10.9 Å². The quantitative estimate of drug-likeness (QED) is 0.478. The molecule has 1 aromatic heterocycles. The van der Waals surface area contributed by atoms with E-state index in [-0.39, 0.29) is 0 Å². The fourth-order valence-electron chi connectivity index (χ4n) is 2.34. The first kappa shape index (κ1) is 18.3. The van der Waals surface area contributed by atoms with Gasteiger partial charge in [-0.25, -0.2) is 0 Å². The summed E-state index contributed by atoms with van der Waals surface area (Å²) in [5.41, 5.74) is 2.96. The zero-order valence-electron chi connectivity index (χ0n) is 14.3. The molecule has 2 aromatic carbocycles. The predicted octanol–water partition coefficient (Wildman–Crippen LogP) is 6.30. The van der Waals surface area contributed by atoms with E-state index in [0.717, 1.165) is 38.6 Å². The zero-order chi connectivity index (χ0) is 18.0. The summed E-state index contributed by atoms with van der Waals surface area (Å²) in [4.78, 5) is 0. The lowest BCUT2D eigenvalue weighted by molar-refractivity contribution is 0.746. The van der Waals surface area contributed by atoms with E-state index in [2.05, 4.69) is 28.6 Å². The second-order valence-corrected chi connectivity index (χ2v) is 8.12. The zero-order valence-corrected chi connectivity index (χ0v) is 16.7. The number of aryl methyl sites for hydroxylation is 1. The molecule has 0 spiro atoms. The number of halogens is 2. The molecule has 0 saturated heterocycles. The van der Waals surface area contributed by atoms with Gasteiger partial charge in [0.05, 0.1) is 5.69 Å². The lowest BCUT2D eigenvalue weighted by atomic mass is 10.2. The summed E-state index contributed by atoms with van der Waals surface area (Å²) >= 11 is 14.1. The summed E-state index contributed by atoms with van der Waals surface area (Å²) in [5.74, 6) is 2.32. The van der Waals surface area contributed by atoms with Crippen LogP contribution < -0.4 is 0 Å². The van der Waals surface area contributed by atoms with Crippen LogP contribution in [0.2, 0.25) is 10.0 Å². The van der Waals surface area contributed by atoms with Gasteiger partial charge < -0.3 is 0 Å². The minimum atomic E-state index is 0.565. The molecule has 0 bridgehead atoms. The standard InChI is InChI=1S/C19H19Cl2N3S/c1-12(2)11-25-19-23-22-18(14-5-7-15(20)8-6-14)24(19)16-9-4-13(3)17(21)10-16/h4-10,12H,11H2,1-3H3. The first-order valence-corrected chi connectivity index (χ1v) is 9.80. The van der Waals surface area contributed by atoms with E-state index in [1.165, 1.54) is 0 Å². The minimum absolute atomic E-state index is 0.565. The molecule has 0 aliphatic carbocycles. The molecule has 25 heavy (non-hydrogen) atoms. The maximum Gasteiger partial charge on any atom is 0.196 e. The number of rotatable bonds is 5. The van der Waals surface area contributed by atoms with Gasteiger partial charge in [-0.1, -0.05) is 54.9 Å². The molecule has 130 valence electrons. The Morgan fingerprint density at radius 3 is 2.40 bits per heavy atom. The lowest BCUT2D eigenvalue weighted by Crippen LogP contribution is -2.01. The number of benzene rings is 2. The van der Waals surface area contributed by atoms with Crippen molar-refractivity contribution in [2.45, 2.75) is 25.9 Å². The average Bonchev–Trinajstić information content (AvgIpc) is 3.00. The van der Waals surface area contributed by atoms with Crippen LogP contribution >= 0.6 is 35.0 Å². The molecule has 0 N–H and O–H groups in total. The molecule has 0 aliphatic heterocycles. The fraction of sp³-hybridized carbons (Fsp3) is 0.263. The van der Waals surface area contributed by atoms with Crippen LogP contribution in [-0.4, -0.2) is 20.5 Å². The van der Waals surface area contributed by atoms with Crippen LogP contribution in [0.25, 0.3) is 17.1 Å².